The first-order chi connectivity index (χ1) is 22.9. The number of imide groups is 2. The highest BCUT2D eigenvalue weighted by Crippen LogP contribution is 2.66. The lowest BCUT2D eigenvalue weighted by atomic mass is 9.56. The number of nitrogens with zero attached hydrogens (tertiary/aromatic N) is 2. The number of aromatic hydroxyl groups is 1. The van der Waals surface area contributed by atoms with E-state index < -0.39 is 57.0 Å². The Morgan fingerprint density at radius 3 is 2.02 bits per heavy atom. The molecule has 0 radical (unpaired) electrons. The second kappa shape index (κ2) is 11.3. The number of alkyl halides is 2. The van der Waals surface area contributed by atoms with Crippen LogP contribution in [0, 0.1) is 23.6 Å². The summed E-state index contributed by atoms with van der Waals surface area (Å²) in [7, 11) is 2.69. The Kier molecular flexibility index (Phi) is 7.60. The van der Waals surface area contributed by atoms with E-state index in [1.807, 2.05) is 25.1 Å². The molecular formula is C36H31Cl2FN2O7. The summed E-state index contributed by atoms with van der Waals surface area (Å²) >= 11 is 14.9. The summed E-state index contributed by atoms with van der Waals surface area (Å²) in [6.07, 6.45) is 2.56. The van der Waals surface area contributed by atoms with Gasteiger partial charge in [0.05, 0.1) is 37.4 Å². The molecule has 6 unspecified atom stereocenters. The lowest BCUT2D eigenvalue weighted by molar-refractivity contribution is -0.125. The van der Waals surface area contributed by atoms with E-state index in [-0.39, 0.29) is 41.7 Å². The zero-order valence-electron chi connectivity index (χ0n) is 26.2. The summed E-state index contributed by atoms with van der Waals surface area (Å²) < 4.78 is 24.8. The van der Waals surface area contributed by atoms with Crippen LogP contribution in [0.5, 0.6) is 17.2 Å². The smallest absolute Gasteiger partial charge is 0.258 e. The van der Waals surface area contributed by atoms with Gasteiger partial charge in [0.15, 0.2) is 21.2 Å². The predicted octanol–water partition coefficient (Wildman–Crippen LogP) is 5.88. The number of aryl methyl sites for hydroxylation is 1. The van der Waals surface area contributed by atoms with Gasteiger partial charge in [-0.3, -0.25) is 24.1 Å². The fraction of sp³-hybridized carbons (Fsp3) is 0.333. The summed E-state index contributed by atoms with van der Waals surface area (Å²) in [5.74, 6) is -6.83. The molecule has 12 heteroatoms. The second-order valence-electron chi connectivity index (χ2n) is 12.6. The Morgan fingerprint density at radius 1 is 0.854 bits per heavy atom. The van der Waals surface area contributed by atoms with Gasteiger partial charge >= 0.3 is 0 Å². The molecule has 3 fully saturated rings. The minimum atomic E-state index is -2.15. The van der Waals surface area contributed by atoms with Crippen molar-refractivity contribution in [2.45, 2.75) is 41.9 Å². The molecule has 2 heterocycles. The van der Waals surface area contributed by atoms with Crippen molar-refractivity contribution in [3.8, 4) is 17.2 Å². The van der Waals surface area contributed by atoms with Crippen LogP contribution in [0.1, 0.15) is 36.8 Å². The van der Waals surface area contributed by atoms with E-state index in [0.717, 1.165) is 29.0 Å². The van der Waals surface area contributed by atoms with Crippen LogP contribution >= 0.6 is 23.2 Å². The summed E-state index contributed by atoms with van der Waals surface area (Å²) in [4.78, 5) is 55.0. The minimum Gasteiger partial charge on any atom is -0.502 e. The van der Waals surface area contributed by atoms with Crippen molar-refractivity contribution in [3.63, 3.8) is 0 Å². The number of rotatable bonds is 6. The number of amides is 4. The Morgan fingerprint density at radius 2 is 1.44 bits per heavy atom. The first-order valence-corrected chi connectivity index (χ1v) is 16.3. The molecule has 2 saturated heterocycles. The van der Waals surface area contributed by atoms with Crippen molar-refractivity contribution in [2.24, 2.45) is 17.8 Å². The van der Waals surface area contributed by atoms with E-state index in [4.69, 9.17) is 32.7 Å². The average Bonchev–Trinajstić information content (AvgIpc) is 3.43. The maximum absolute atomic E-state index is 14.6. The van der Waals surface area contributed by atoms with Gasteiger partial charge in [-0.1, -0.05) is 30.7 Å². The van der Waals surface area contributed by atoms with Crippen molar-refractivity contribution in [1.82, 2.24) is 0 Å². The highest BCUT2D eigenvalue weighted by Gasteiger charge is 2.76. The number of allylic oxidation sites excluding steroid dienone is 2. The number of methoxy groups -OCH3 is 2. The van der Waals surface area contributed by atoms with Gasteiger partial charge in [-0.2, -0.15) is 0 Å². The molecule has 4 aliphatic rings. The van der Waals surface area contributed by atoms with Gasteiger partial charge in [-0.05, 0) is 84.8 Å². The number of anilines is 2. The maximum Gasteiger partial charge on any atom is 0.258 e. The third-order valence-corrected chi connectivity index (χ3v) is 11.7. The van der Waals surface area contributed by atoms with Crippen molar-refractivity contribution < 1.29 is 38.1 Å². The van der Waals surface area contributed by atoms with Crippen molar-refractivity contribution in [2.75, 3.05) is 24.0 Å². The Bertz CT molecular complexity index is 1890. The van der Waals surface area contributed by atoms with E-state index in [1.165, 1.54) is 43.4 Å². The number of halogens is 3. The number of carbonyl (C=O) groups is 4. The monoisotopic (exact) mass is 692 g/mol. The summed E-state index contributed by atoms with van der Waals surface area (Å²) in [5.41, 5.74) is 2.46. The highest BCUT2D eigenvalue weighted by molar-refractivity contribution is 6.58. The molecule has 0 bridgehead atoms. The van der Waals surface area contributed by atoms with E-state index >= 15 is 0 Å². The number of benzene rings is 3. The number of carbonyl (C=O) groups excluding carboxylic acids is 4. The van der Waals surface area contributed by atoms with Crippen LogP contribution in [0.3, 0.4) is 0 Å². The zero-order valence-corrected chi connectivity index (χ0v) is 27.7. The number of phenols is 1. The molecular weight excluding hydrogens is 662 g/mol. The lowest BCUT2D eigenvalue weighted by Crippen LogP contribution is -2.60. The van der Waals surface area contributed by atoms with Gasteiger partial charge in [-0.25, -0.2) is 9.29 Å². The number of hydrogen-bond donors (Lipinski definition) is 1. The number of fused-ring (bicyclic) bond motifs is 4. The Labute approximate surface area is 285 Å². The predicted molar refractivity (Wildman–Crippen MR) is 176 cm³/mol. The summed E-state index contributed by atoms with van der Waals surface area (Å²) in [6, 6.07) is 15.0. The third kappa shape index (κ3) is 4.28. The van der Waals surface area contributed by atoms with Gasteiger partial charge in [-0.15, -0.1) is 23.2 Å². The van der Waals surface area contributed by atoms with Crippen LogP contribution in [-0.2, 0) is 25.6 Å². The van der Waals surface area contributed by atoms with E-state index in [1.54, 1.807) is 12.1 Å². The molecule has 3 aromatic rings. The van der Waals surface area contributed by atoms with Crippen LogP contribution in [-0.4, -0.2) is 52.7 Å². The number of ether oxygens (including phenoxy) is 2. The van der Waals surface area contributed by atoms with Crippen LogP contribution in [0.2, 0.25) is 0 Å². The molecule has 1 saturated carbocycles. The summed E-state index contributed by atoms with van der Waals surface area (Å²) in [5, 5.41) is 10.7. The van der Waals surface area contributed by atoms with E-state index in [0.29, 0.717) is 16.8 Å². The average molecular weight is 694 g/mol. The van der Waals surface area contributed by atoms with Crippen molar-refractivity contribution in [1.29, 1.82) is 0 Å². The van der Waals surface area contributed by atoms with Crippen LogP contribution < -0.4 is 19.3 Å². The minimum absolute atomic E-state index is 0.0159. The molecule has 4 amide bonds. The fourth-order valence-corrected chi connectivity index (χ4v) is 8.92. The largest absolute Gasteiger partial charge is 0.502 e. The van der Waals surface area contributed by atoms with Crippen molar-refractivity contribution in [3.05, 3.63) is 89.3 Å². The first kappa shape index (κ1) is 32.2. The third-order valence-electron chi connectivity index (χ3n) is 10.3. The van der Waals surface area contributed by atoms with Crippen molar-refractivity contribution >= 4 is 58.2 Å². The highest BCUT2D eigenvalue weighted by atomic mass is 35.5. The molecule has 1 N–H and O–H groups in total. The molecule has 6 atom stereocenters. The van der Waals surface area contributed by atoms with E-state index in [2.05, 4.69) is 0 Å². The SMILES string of the molecule is CCc1ccc(N2C(=O)C3CC=C4C(CC5(Cl)C(=O)N(c6ccc(F)cc6)C(=O)C5(Cl)C4c4cc(OC)c(O)c(OC)c4)C3C2=O)cc1. The molecule has 48 heavy (non-hydrogen) atoms. The number of hydrogen-bond acceptors (Lipinski definition) is 7. The van der Waals surface area contributed by atoms with E-state index in [9.17, 15) is 28.7 Å². The Hall–Kier alpha value is -4.41. The standard InChI is InChI=1S/C36H31Cl2FN2O7/c1-4-18-5-9-21(10-6-18)40-31(43)24-14-13-23-25(28(24)32(40)44)17-35(37)33(45)41(22-11-7-20(39)8-12-22)34(46)36(35,38)29(23)19-15-26(47-2)30(42)27(16-19)48-3/h5-13,15-16,24-25,28-29,42H,4,14,17H2,1-3H3. The fourth-order valence-electron chi connectivity index (χ4n) is 7.99. The normalized spacial score (nSPS) is 29.4. The van der Waals surface area contributed by atoms with Crippen LogP contribution in [0.25, 0.3) is 0 Å². The van der Waals surface area contributed by atoms with Crippen LogP contribution in [0.4, 0.5) is 15.8 Å². The van der Waals surface area contributed by atoms with Gasteiger partial charge < -0.3 is 14.6 Å². The first-order valence-electron chi connectivity index (χ1n) is 15.5. The van der Waals surface area contributed by atoms with Gasteiger partial charge in [0.25, 0.3) is 11.8 Å². The molecule has 2 aliphatic heterocycles. The second-order valence-corrected chi connectivity index (χ2v) is 13.8. The molecule has 0 aromatic heterocycles. The Balaban J connectivity index is 1.41. The molecule has 9 nitrogen and oxygen atoms in total. The van der Waals surface area contributed by atoms with Gasteiger partial charge in [0.2, 0.25) is 17.6 Å². The molecule has 2 aliphatic carbocycles. The molecule has 7 rings (SSSR count). The zero-order chi connectivity index (χ0) is 34.3. The quantitative estimate of drug-likeness (QED) is 0.195. The summed E-state index contributed by atoms with van der Waals surface area (Å²) in [6.45, 7) is 2.01. The van der Waals surface area contributed by atoms with Crippen LogP contribution in [0.15, 0.2) is 72.3 Å². The lowest BCUT2D eigenvalue weighted by Gasteiger charge is -2.50. The topological polar surface area (TPSA) is 113 Å². The van der Waals surface area contributed by atoms with Gasteiger partial charge in [0, 0.05) is 5.92 Å². The molecule has 0 spiro atoms. The molecule has 3 aromatic carbocycles. The maximum atomic E-state index is 14.6. The van der Waals surface area contributed by atoms with Gasteiger partial charge in [0.1, 0.15) is 5.82 Å². The molecule has 248 valence electrons. The number of phenolic OH excluding ortho intramolecular Hbond substituents is 1.